The summed E-state index contributed by atoms with van der Waals surface area (Å²) in [6, 6.07) is 12.4. The van der Waals surface area contributed by atoms with Crippen molar-refractivity contribution in [1.82, 2.24) is 15.8 Å². The van der Waals surface area contributed by atoms with Crippen LogP contribution in [0.5, 0.6) is 5.75 Å². The average Bonchev–Trinajstić information content (AvgIpc) is 2.83. The van der Waals surface area contributed by atoms with Crippen LogP contribution in [0.4, 0.5) is 11.4 Å². The van der Waals surface area contributed by atoms with Gasteiger partial charge in [-0.05, 0) is 44.1 Å². The van der Waals surface area contributed by atoms with E-state index >= 15 is 0 Å². The predicted molar refractivity (Wildman–Crippen MR) is 119 cm³/mol. The number of non-ortho nitro benzene ring substituents is 1. The first-order chi connectivity index (χ1) is 15.9. The number of hydrogen-bond acceptors (Lipinski definition) is 7. The van der Waals surface area contributed by atoms with Gasteiger partial charge in [0.1, 0.15) is 5.75 Å². The number of likely N-dealkylation sites (tertiary alicyclic amines) is 1. The molecule has 2 aromatic carbocycles. The predicted octanol–water partition coefficient (Wildman–Crippen LogP) is 1.72. The number of nitrogens with zero attached hydrogens (tertiary/aromatic N) is 2. The van der Waals surface area contributed by atoms with Crippen molar-refractivity contribution in [3.05, 3.63) is 64.2 Å². The molecule has 3 amide bonds. The molecule has 0 aromatic heterocycles. The number of rotatable bonds is 7. The summed E-state index contributed by atoms with van der Waals surface area (Å²) in [6.45, 7) is 1.16. The Kier molecular flexibility index (Phi) is 7.92. The van der Waals surface area contributed by atoms with Gasteiger partial charge in [-0.2, -0.15) is 0 Å². The number of amides is 3. The lowest BCUT2D eigenvalue weighted by molar-refractivity contribution is -0.384. The average molecular weight is 455 g/mol. The molecular weight excluding hydrogens is 430 g/mol. The van der Waals surface area contributed by atoms with Crippen molar-refractivity contribution < 1.29 is 24.0 Å². The van der Waals surface area contributed by atoms with Gasteiger partial charge >= 0.3 is 0 Å². The molecule has 0 spiro atoms. The van der Waals surface area contributed by atoms with E-state index in [9.17, 15) is 24.5 Å². The van der Waals surface area contributed by atoms with Gasteiger partial charge in [-0.1, -0.05) is 18.2 Å². The zero-order valence-electron chi connectivity index (χ0n) is 18.1. The maximum absolute atomic E-state index is 12.6. The van der Waals surface area contributed by atoms with Crippen LogP contribution in [-0.4, -0.2) is 54.3 Å². The number of carbonyl (C=O) groups is 3. The van der Waals surface area contributed by atoms with Crippen LogP contribution in [0, 0.1) is 16.0 Å². The molecule has 1 fully saturated rings. The van der Waals surface area contributed by atoms with Crippen molar-refractivity contribution in [3.63, 3.8) is 0 Å². The van der Waals surface area contributed by atoms with Crippen molar-refractivity contribution in [1.29, 1.82) is 0 Å². The molecule has 174 valence electrons. The molecule has 11 nitrogen and oxygen atoms in total. The van der Waals surface area contributed by atoms with Crippen molar-refractivity contribution in [2.45, 2.75) is 12.8 Å². The summed E-state index contributed by atoms with van der Waals surface area (Å²) < 4.78 is 5.25. The van der Waals surface area contributed by atoms with Crippen molar-refractivity contribution in [2.24, 2.45) is 5.92 Å². The monoisotopic (exact) mass is 455 g/mol. The Morgan fingerprint density at radius 1 is 1.09 bits per heavy atom. The van der Waals surface area contributed by atoms with E-state index in [0.717, 1.165) is 6.07 Å². The number of anilines is 1. The second kappa shape index (κ2) is 11.0. The molecule has 1 saturated heterocycles. The van der Waals surface area contributed by atoms with E-state index in [-0.39, 0.29) is 29.6 Å². The molecule has 3 rings (SSSR count). The Bertz CT molecular complexity index is 1040. The zero-order valence-corrected chi connectivity index (χ0v) is 18.1. The van der Waals surface area contributed by atoms with Gasteiger partial charge in [-0.3, -0.25) is 40.2 Å². The first kappa shape index (κ1) is 23.7. The van der Waals surface area contributed by atoms with E-state index in [1.165, 1.54) is 18.2 Å². The number of carbonyl (C=O) groups excluding carboxylic acids is 3. The molecule has 1 aliphatic rings. The fourth-order valence-electron chi connectivity index (χ4n) is 3.54. The SMILES string of the molecule is COc1ccccc1NC(=O)C1CCN(CC(=O)NNC(=O)c2cccc([N+](=O)[O-])c2)CC1. The molecule has 11 heteroatoms. The number of ether oxygens (including phenoxy) is 1. The van der Waals surface area contributed by atoms with E-state index in [1.54, 1.807) is 19.2 Å². The van der Waals surface area contributed by atoms with Crippen LogP contribution >= 0.6 is 0 Å². The minimum absolute atomic E-state index is 0.0517. The Balaban J connectivity index is 1.42. The van der Waals surface area contributed by atoms with Crippen LogP contribution in [0.1, 0.15) is 23.2 Å². The Hall–Kier alpha value is -3.99. The van der Waals surface area contributed by atoms with Crippen LogP contribution in [0.15, 0.2) is 48.5 Å². The third kappa shape index (κ3) is 6.50. The summed E-state index contributed by atoms with van der Waals surface area (Å²) in [7, 11) is 1.54. The van der Waals surface area contributed by atoms with E-state index in [0.29, 0.717) is 37.4 Å². The molecule has 0 unspecified atom stereocenters. The van der Waals surface area contributed by atoms with Crippen LogP contribution < -0.4 is 20.9 Å². The van der Waals surface area contributed by atoms with Crippen LogP contribution in [0.3, 0.4) is 0 Å². The van der Waals surface area contributed by atoms with Gasteiger partial charge in [-0.25, -0.2) is 0 Å². The fraction of sp³-hybridized carbons (Fsp3) is 0.318. The summed E-state index contributed by atoms with van der Waals surface area (Å²) in [5.74, 6) is -0.757. The summed E-state index contributed by atoms with van der Waals surface area (Å²) in [5.41, 5.74) is 5.03. The molecule has 0 aliphatic carbocycles. The summed E-state index contributed by atoms with van der Waals surface area (Å²) in [6.07, 6.45) is 1.18. The van der Waals surface area contributed by atoms with Crippen LogP contribution in [-0.2, 0) is 9.59 Å². The van der Waals surface area contributed by atoms with Gasteiger partial charge in [0.15, 0.2) is 0 Å². The number of piperidine rings is 1. The first-order valence-corrected chi connectivity index (χ1v) is 10.4. The smallest absolute Gasteiger partial charge is 0.270 e. The second-order valence-electron chi connectivity index (χ2n) is 7.55. The van der Waals surface area contributed by atoms with E-state index in [4.69, 9.17) is 4.74 Å². The molecule has 0 bridgehead atoms. The van der Waals surface area contributed by atoms with Crippen LogP contribution in [0.2, 0.25) is 0 Å². The summed E-state index contributed by atoms with van der Waals surface area (Å²) >= 11 is 0. The van der Waals surface area contributed by atoms with Gasteiger partial charge in [0, 0.05) is 23.6 Å². The van der Waals surface area contributed by atoms with Gasteiger partial charge in [0.25, 0.3) is 17.5 Å². The minimum Gasteiger partial charge on any atom is -0.495 e. The third-order valence-corrected chi connectivity index (χ3v) is 5.33. The second-order valence-corrected chi connectivity index (χ2v) is 7.55. The lowest BCUT2D eigenvalue weighted by atomic mass is 9.95. The third-order valence-electron chi connectivity index (χ3n) is 5.33. The molecule has 3 N–H and O–H groups in total. The lowest BCUT2D eigenvalue weighted by Crippen LogP contribution is -2.48. The van der Waals surface area contributed by atoms with Crippen molar-refractivity contribution >= 4 is 29.1 Å². The van der Waals surface area contributed by atoms with Crippen molar-refractivity contribution in [2.75, 3.05) is 32.1 Å². The van der Waals surface area contributed by atoms with Gasteiger partial charge < -0.3 is 10.1 Å². The Morgan fingerprint density at radius 3 is 2.52 bits per heavy atom. The maximum Gasteiger partial charge on any atom is 0.270 e. The first-order valence-electron chi connectivity index (χ1n) is 10.4. The molecule has 1 aliphatic heterocycles. The standard InChI is InChI=1S/C22H25N5O6/c1-33-19-8-3-2-7-18(19)23-21(29)15-9-11-26(12-10-15)14-20(28)24-25-22(30)16-5-4-6-17(13-16)27(31)32/h2-8,13,15H,9-12,14H2,1H3,(H,23,29)(H,24,28)(H,25,30). The number of hydrogen-bond donors (Lipinski definition) is 3. The molecular formula is C22H25N5O6. The highest BCUT2D eigenvalue weighted by atomic mass is 16.6. The highest BCUT2D eigenvalue weighted by Crippen LogP contribution is 2.25. The Morgan fingerprint density at radius 2 is 1.82 bits per heavy atom. The highest BCUT2D eigenvalue weighted by Gasteiger charge is 2.26. The maximum atomic E-state index is 12.6. The van der Waals surface area contributed by atoms with E-state index in [1.807, 2.05) is 17.0 Å². The quantitative estimate of drug-likeness (QED) is 0.426. The topological polar surface area (TPSA) is 143 Å². The zero-order chi connectivity index (χ0) is 23.8. The number of para-hydroxylation sites is 2. The number of nitrogens with one attached hydrogen (secondary N) is 3. The largest absolute Gasteiger partial charge is 0.495 e. The van der Waals surface area contributed by atoms with Crippen molar-refractivity contribution in [3.8, 4) is 5.75 Å². The van der Waals surface area contributed by atoms with E-state index < -0.39 is 16.7 Å². The lowest BCUT2D eigenvalue weighted by Gasteiger charge is -2.30. The van der Waals surface area contributed by atoms with Gasteiger partial charge in [-0.15, -0.1) is 0 Å². The summed E-state index contributed by atoms with van der Waals surface area (Å²) in [4.78, 5) is 49.0. The number of hydrazine groups is 1. The molecule has 0 atom stereocenters. The Labute approximate surface area is 190 Å². The number of nitro benzene ring substituents is 1. The fourth-order valence-corrected chi connectivity index (χ4v) is 3.54. The summed E-state index contributed by atoms with van der Waals surface area (Å²) in [5, 5.41) is 13.7. The molecule has 0 radical (unpaired) electrons. The number of benzene rings is 2. The minimum atomic E-state index is -0.654. The van der Waals surface area contributed by atoms with Gasteiger partial charge in [0.2, 0.25) is 5.91 Å². The van der Waals surface area contributed by atoms with Gasteiger partial charge in [0.05, 0.1) is 24.3 Å². The number of nitro groups is 1. The molecule has 0 saturated carbocycles. The number of methoxy groups -OCH3 is 1. The normalized spacial score (nSPS) is 14.2. The molecule has 2 aromatic rings. The molecule has 33 heavy (non-hydrogen) atoms. The van der Waals surface area contributed by atoms with E-state index in [2.05, 4.69) is 16.2 Å². The highest BCUT2D eigenvalue weighted by molar-refractivity contribution is 5.96. The van der Waals surface area contributed by atoms with Crippen LogP contribution in [0.25, 0.3) is 0 Å². The molecule has 1 heterocycles.